The standard InChI is InChI=1S/C23H23N5O4/c1-14-5-7-15(8-6-14)12-28-19-20(26(3)23(30)27(4)21(19)29)24-22(28)25(2)16-9-10-17-18(11-16)32-13-31-17/h5-11H,12-13H2,1-4H3. The van der Waals surface area contributed by atoms with Crippen LogP contribution in [-0.4, -0.2) is 32.5 Å². The molecule has 0 aliphatic carbocycles. The normalized spacial score (nSPS) is 12.5. The Balaban J connectivity index is 1.73. The number of hydrogen-bond acceptors (Lipinski definition) is 6. The van der Waals surface area contributed by atoms with Crippen molar-refractivity contribution >= 4 is 22.8 Å². The van der Waals surface area contributed by atoms with Gasteiger partial charge in [-0.3, -0.25) is 18.5 Å². The lowest BCUT2D eigenvalue weighted by atomic mass is 10.1. The molecule has 0 N–H and O–H groups in total. The summed E-state index contributed by atoms with van der Waals surface area (Å²) in [4.78, 5) is 32.2. The molecule has 4 aromatic rings. The summed E-state index contributed by atoms with van der Waals surface area (Å²) in [5, 5.41) is 0. The van der Waals surface area contributed by atoms with Gasteiger partial charge < -0.3 is 14.4 Å². The number of rotatable bonds is 4. The van der Waals surface area contributed by atoms with Gasteiger partial charge in [-0.25, -0.2) is 4.79 Å². The zero-order valence-electron chi connectivity index (χ0n) is 18.3. The molecular weight excluding hydrogens is 410 g/mol. The second-order valence-corrected chi connectivity index (χ2v) is 7.96. The Morgan fingerprint density at radius 1 is 1.00 bits per heavy atom. The van der Waals surface area contributed by atoms with E-state index in [0.717, 1.165) is 21.4 Å². The maximum atomic E-state index is 13.1. The molecule has 5 rings (SSSR count). The molecule has 9 nitrogen and oxygen atoms in total. The molecule has 32 heavy (non-hydrogen) atoms. The molecule has 0 unspecified atom stereocenters. The van der Waals surface area contributed by atoms with Gasteiger partial charge in [-0.1, -0.05) is 29.8 Å². The lowest BCUT2D eigenvalue weighted by Gasteiger charge is -2.20. The molecule has 2 aromatic carbocycles. The Morgan fingerprint density at radius 2 is 1.72 bits per heavy atom. The van der Waals surface area contributed by atoms with E-state index >= 15 is 0 Å². The fourth-order valence-electron chi connectivity index (χ4n) is 3.93. The number of nitrogens with zero attached hydrogens (tertiary/aromatic N) is 5. The van der Waals surface area contributed by atoms with Crippen LogP contribution in [0.15, 0.2) is 52.1 Å². The molecule has 0 atom stereocenters. The first-order valence-corrected chi connectivity index (χ1v) is 10.2. The first-order chi connectivity index (χ1) is 15.3. The van der Waals surface area contributed by atoms with Gasteiger partial charge in [0.25, 0.3) is 5.56 Å². The molecule has 1 aliphatic heterocycles. The van der Waals surface area contributed by atoms with E-state index in [2.05, 4.69) is 0 Å². The minimum Gasteiger partial charge on any atom is -0.454 e. The fraction of sp³-hybridized carbons (Fsp3) is 0.261. The van der Waals surface area contributed by atoms with Gasteiger partial charge in [0, 0.05) is 32.9 Å². The smallest absolute Gasteiger partial charge is 0.332 e. The van der Waals surface area contributed by atoms with Crippen molar-refractivity contribution < 1.29 is 9.47 Å². The number of benzene rings is 2. The lowest BCUT2D eigenvalue weighted by Crippen LogP contribution is -2.37. The van der Waals surface area contributed by atoms with Crippen molar-refractivity contribution in [2.24, 2.45) is 14.1 Å². The highest BCUT2D eigenvalue weighted by Crippen LogP contribution is 2.37. The number of aryl methyl sites for hydroxylation is 2. The molecule has 0 amide bonds. The van der Waals surface area contributed by atoms with Crippen LogP contribution >= 0.6 is 0 Å². The summed E-state index contributed by atoms with van der Waals surface area (Å²) in [7, 11) is 4.97. The van der Waals surface area contributed by atoms with E-state index < -0.39 is 5.69 Å². The summed E-state index contributed by atoms with van der Waals surface area (Å²) < 4.78 is 15.3. The molecule has 164 valence electrons. The second-order valence-electron chi connectivity index (χ2n) is 7.96. The summed E-state index contributed by atoms with van der Waals surface area (Å²) in [6.07, 6.45) is 0. The van der Waals surface area contributed by atoms with Gasteiger partial charge in [0.05, 0.1) is 6.54 Å². The Kier molecular flexibility index (Phi) is 4.54. The molecule has 0 saturated carbocycles. The highest BCUT2D eigenvalue weighted by Gasteiger charge is 2.23. The molecule has 2 aromatic heterocycles. The molecule has 0 saturated heterocycles. The van der Waals surface area contributed by atoms with Crippen LogP contribution in [0.3, 0.4) is 0 Å². The Labute approximate surface area is 183 Å². The number of aromatic nitrogens is 4. The number of fused-ring (bicyclic) bond motifs is 2. The summed E-state index contributed by atoms with van der Waals surface area (Å²) in [5.41, 5.74) is 2.90. The molecule has 0 fully saturated rings. The largest absolute Gasteiger partial charge is 0.454 e. The van der Waals surface area contributed by atoms with Crippen LogP contribution < -0.4 is 25.6 Å². The third kappa shape index (κ3) is 3.05. The zero-order valence-corrected chi connectivity index (χ0v) is 18.3. The molecule has 1 aliphatic rings. The van der Waals surface area contributed by atoms with Gasteiger partial charge in [0.2, 0.25) is 12.7 Å². The summed E-state index contributed by atoms with van der Waals surface area (Å²) in [6.45, 7) is 2.64. The van der Waals surface area contributed by atoms with E-state index in [-0.39, 0.29) is 12.4 Å². The van der Waals surface area contributed by atoms with Crippen LogP contribution in [0.5, 0.6) is 11.5 Å². The van der Waals surface area contributed by atoms with Crippen molar-refractivity contribution in [3.05, 3.63) is 74.4 Å². The number of hydrogen-bond donors (Lipinski definition) is 0. The fourth-order valence-corrected chi connectivity index (χ4v) is 3.93. The molecule has 9 heteroatoms. The van der Waals surface area contributed by atoms with Crippen molar-refractivity contribution in [2.75, 3.05) is 18.7 Å². The zero-order chi connectivity index (χ0) is 22.6. The second kappa shape index (κ2) is 7.30. The average molecular weight is 433 g/mol. The predicted molar refractivity (Wildman–Crippen MR) is 121 cm³/mol. The summed E-state index contributed by atoms with van der Waals surface area (Å²) in [6, 6.07) is 13.7. The minimum absolute atomic E-state index is 0.187. The Hall–Kier alpha value is -4.01. The number of ether oxygens (including phenoxy) is 2. The Bertz CT molecular complexity index is 1460. The molecule has 0 spiro atoms. The monoisotopic (exact) mass is 433 g/mol. The van der Waals surface area contributed by atoms with Gasteiger partial charge in [-0.2, -0.15) is 4.98 Å². The maximum absolute atomic E-state index is 13.1. The van der Waals surface area contributed by atoms with Crippen molar-refractivity contribution in [1.29, 1.82) is 0 Å². The van der Waals surface area contributed by atoms with E-state index in [1.165, 1.54) is 11.6 Å². The van der Waals surface area contributed by atoms with Crippen LogP contribution in [-0.2, 0) is 20.6 Å². The quantitative estimate of drug-likeness (QED) is 0.491. The Morgan fingerprint density at radius 3 is 2.47 bits per heavy atom. The third-order valence-corrected chi connectivity index (χ3v) is 5.83. The van der Waals surface area contributed by atoms with E-state index in [4.69, 9.17) is 14.5 Å². The highest BCUT2D eigenvalue weighted by molar-refractivity contribution is 5.77. The molecule has 0 bridgehead atoms. The third-order valence-electron chi connectivity index (χ3n) is 5.83. The van der Waals surface area contributed by atoms with Gasteiger partial charge in [0.1, 0.15) is 0 Å². The van der Waals surface area contributed by atoms with Crippen molar-refractivity contribution in [3.63, 3.8) is 0 Å². The molecular formula is C23H23N5O4. The van der Waals surface area contributed by atoms with Crippen molar-refractivity contribution in [3.8, 4) is 11.5 Å². The molecule has 0 radical (unpaired) electrons. The van der Waals surface area contributed by atoms with Gasteiger partial charge in [-0.05, 0) is 24.6 Å². The molecule has 3 heterocycles. The lowest BCUT2D eigenvalue weighted by molar-refractivity contribution is 0.174. The number of anilines is 2. The van der Waals surface area contributed by atoms with Crippen LogP contribution in [0.4, 0.5) is 11.6 Å². The summed E-state index contributed by atoms with van der Waals surface area (Å²) in [5.74, 6) is 1.88. The highest BCUT2D eigenvalue weighted by atomic mass is 16.7. The minimum atomic E-state index is -0.417. The van der Waals surface area contributed by atoms with Gasteiger partial charge in [-0.15, -0.1) is 0 Å². The topological polar surface area (TPSA) is 83.5 Å². The number of imidazole rings is 1. The predicted octanol–water partition coefficient (Wildman–Crippen LogP) is 2.29. The van der Waals surface area contributed by atoms with E-state index in [1.54, 1.807) is 7.05 Å². The van der Waals surface area contributed by atoms with E-state index in [9.17, 15) is 9.59 Å². The van der Waals surface area contributed by atoms with E-state index in [1.807, 2.05) is 65.9 Å². The SMILES string of the molecule is Cc1ccc(Cn2c(N(C)c3ccc4c(c3)OCO4)nc3c2c(=O)n(C)c(=O)n3C)cc1. The maximum Gasteiger partial charge on any atom is 0.332 e. The van der Waals surface area contributed by atoms with Crippen LogP contribution in [0.1, 0.15) is 11.1 Å². The van der Waals surface area contributed by atoms with E-state index in [0.29, 0.717) is 35.2 Å². The van der Waals surface area contributed by atoms with Crippen molar-refractivity contribution in [2.45, 2.75) is 13.5 Å². The van der Waals surface area contributed by atoms with Crippen LogP contribution in [0.2, 0.25) is 0 Å². The van der Waals surface area contributed by atoms with Gasteiger partial charge in [0.15, 0.2) is 22.7 Å². The van der Waals surface area contributed by atoms with Crippen molar-refractivity contribution in [1.82, 2.24) is 18.7 Å². The summed E-state index contributed by atoms with van der Waals surface area (Å²) >= 11 is 0. The van der Waals surface area contributed by atoms with Crippen LogP contribution in [0, 0.1) is 6.92 Å². The first kappa shape index (κ1) is 19.9. The van der Waals surface area contributed by atoms with Gasteiger partial charge >= 0.3 is 5.69 Å². The first-order valence-electron chi connectivity index (χ1n) is 10.2. The average Bonchev–Trinajstić information content (AvgIpc) is 3.41. The van der Waals surface area contributed by atoms with Crippen LogP contribution in [0.25, 0.3) is 11.2 Å².